The van der Waals surface area contributed by atoms with E-state index in [0.29, 0.717) is 25.0 Å². The minimum atomic E-state index is 0.700. The quantitative estimate of drug-likeness (QED) is 0.456. The molecule has 1 fully saturated rings. The molecule has 2 aromatic carbocycles. The van der Waals surface area contributed by atoms with E-state index < -0.39 is 0 Å². The fourth-order valence-electron chi connectivity index (χ4n) is 3.67. The molecule has 0 saturated heterocycles. The van der Waals surface area contributed by atoms with Crippen LogP contribution in [0.5, 0.6) is 0 Å². The third kappa shape index (κ3) is 7.84. The highest BCUT2D eigenvalue weighted by Gasteiger charge is 2.21. The highest BCUT2D eigenvalue weighted by atomic mass is 16.5. The van der Waals surface area contributed by atoms with E-state index in [0.717, 1.165) is 13.2 Å². The number of hydrogen-bond acceptors (Lipinski definition) is 2. The molecule has 0 bridgehead atoms. The van der Waals surface area contributed by atoms with Gasteiger partial charge in [-0.05, 0) is 48.6 Å². The van der Waals surface area contributed by atoms with Crippen molar-refractivity contribution < 1.29 is 9.47 Å². The van der Waals surface area contributed by atoms with Crippen LogP contribution in [0.25, 0.3) is 12.2 Å². The number of ether oxygens (including phenoxy) is 2. The van der Waals surface area contributed by atoms with Crippen LogP contribution >= 0.6 is 0 Å². The molecule has 0 aliphatic heterocycles. The highest BCUT2D eigenvalue weighted by Crippen LogP contribution is 2.29. The topological polar surface area (TPSA) is 18.5 Å². The van der Waals surface area contributed by atoms with Crippen LogP contribution in [0.2, 0.25) is 0 Å². The second-order valence-electron chi connectivity index (χ2n) is 7.59. The summed E-state index contributed by atoms with van der Waals surface area (Å²) in [6.45, 7) is 3.16. The summed E-state index contributed by atoms with van der Waals surface area (Å²) >= 11 is 0. The lowest BCUT2D eigenvalue weighted by molar-refractivity contribution is 0.0660. The van der Waals surface area contributed by atoms with Crippen molar-refractivity contribution in [2.45, 2.75) is 25.7 Å². The van der Waals surface area contributed by atoms with Gasteiger partial charge in [-0.1, -0.05) is 85.0 Å². The van der Waals surface area contributed by atoms with Gasteiger partial charge in [0.25, 0.3) is 0 Å². The van der Waals surface area contributed by atoms with Crippen molar-refractivity contribution in [3.8, 4) is 0 Å². The molecule has 0 heterocycles. The maximum atomic E-state index is 5.86. The summed E-state index contributed by atoms with van der Waals surface area (Å²) in [7, 11) is 0. The van der Waals surface area contributed by atoms with Crippen molar-refractivity contribution in [1.82, 2.24) is 0 Å². The van der Waals surface area contributed by atoms with E-state index in [1.54, 1.807) is 0 Å². The number of rotatable bonds is 10. The van der Waals surface area contributed by atoms with E-state index in [2.05, 4.69) is 72.8 Å². The van der Waals surface area contributed by atoms with E-state index >= 15 is 0 Å². The Labute approximate surface area is 169 Å². The van der Waals surface area contributed by atoms with Crippen molar-refractivity contribution in [2.75, 3.05) is 26.4 Å². The molecule has 0 N–H and O–H groups in total. The molecule has 0 unspecified atom stereocenters. The van der Waals surface area contributed by atoms with Crippen LogP contribution in [0, 0.1) is 11.8 Å². The smallest absolute Gasteiger partial charge is 0.0650 e. The summed E-state index contributed by atoms with van der Waals surface area (Å²) in [5.41, 5.74) is 2.45. The Morgan fingerprint density at radius 3 is 1.39 bits per heavy atom. The van der Waals surface area contributed by atoms with Crippen LogP contribution in [-0.4, -0.2) is 26.4 Å². The molecular weight excluding hydrogens is 344 g/mol. The fraction of sp³-hybridized carbons (Fsp3) is 0.385. The molecular formula is C26H32O2. The van der Waals surface area contributed by atoms with Crippen LogP contribution in [0.4, 0.5) is 0 Å². The van der Waals surface area contributed by atoms with Gasteiger partial charge in [-0.15, -0.1) is 0 Å². The van der Waals surface area contributed by atoms with Crippen molar-refractivity contribution in [1.29, 1.82) is 0 Å². The Bertz CT molecular complexity index is 634. The molecule has 2 aromatic rings. The first kappa shape index (κ1) is 20.6. The van der Waals surface area contributed by atoms with Crippen molar-refractivity contribution in [3.05, 3.63) is 83.9 Å². The van der Waals surface area contributed by atoms with Gasteiger partial charge in [0.2, 0.25) is 0 Å². The molecule has 0 amide bonds. The normalized spacial score (nSPS) is 20.1. The highest BCUT2D eigenvalue weighted by molar-refractivity contribution is 5.49. The molecule has 1 saturated carbocycles. The van der Waals surface area contributed by atoms with Gasteiger partial charge >= 0.3 is 0 Å². The zero-order chi connectivity index (χ0) is 19.3. The summed E-state index contributed by atoms with van der Waals surface area (Å²) < 4.78 is 11.7. The van der Waals surface area contributed by atoms with Gasteiger partial charge in [0.1, 0.15) is 0 Å². The van der Waals surface area contributed by atoms with E-state index in [9.17, 15) is 0 Å². The maximum absolute atomic E-state index is 5.86. The van der Waals surface area contributed by atoms with Crippen molar-refractivity contribution >= 4 is 12.2 Å². The molecule has 0 aromatic heterocycles. The predicted molar refractivity (Wildman–Crippen MR) is 118 cm³/mol. The molecule has 2 heteroatoms. The predicted octanol–water partition coefficient (Wildman–Crippen LogP) is 6.25. The fourth-order valence-corrected chi connectivity index (χ4v) is 3.67. The summed E-state index contributed by atoms with van der Waals surface area (Å²) in [5.74, 6) is 1.42. The summed E-state index contributed by atoms with van der Waals surface area (Å²) in [6, 6.07) is 20.7. The molecule has 0 spiro atoms. The molecule has 148 valence electrons. The van der Waals surface area contributed by atoms with Gasteiger partial charge in [0, 0.05) is 13.2 Å². The average molecular weight is 377 g/mol. The first-order chi connectivity index (χ1) is 13.9. The lowest BCUT2D eigenvalue weighted by Gasteiger charge is -2.28. The second-order valence-corrected chi connectivity index (χ2v) is 7.59. The molecule has 0 atom stereocenters. The molecule has 0 radical (unpaired) electrons. The molecule has 1 aliphatic carbocycles. The third-order valence-electron chi connectivity index (χ3n) is 5.32. The molecule has 1 aliphatic rings. The lowest BCUT2D eigenvalue weighted by Crippen LogP contribution is -2.21. The Balaban J connectivity index is 1.22. The Kier molecular flexibility index (Phi) is 9.06. The van der Waals surface area contributed by atoms with Gasteiger partial charge < -0.3 is 9.47 Å². The largest absolute Gasteiger partial charge is 0.377 e. The zero-order valence-electron chi connectivity index (χ0n) is 16.7. The summed E-state index contributed by atoms with van der Waals surface area (Å²) in [4.78, 5) is 0. The number of benzene rings is 2. The Hall–Kier alpha value is -2.16. The van der Waals surface area contributed by atoms with E-state index in [1.807, 2.05) is 12.1 Å². The first-order valence-electron chi connectivity index (χ1n) is 10.5. The Morgan fingerprint density at radius 1 is 0.607 bits per heavy atom. The monoisotopic (exact) mass is 376 g/mol. The lowest BCUT2D eigenvalue weighted by atomic mass is 9.83. The van der Waals surface area contributed by atoms with Crippen molar-refractivity contribution in [2.24, 2.45) is 11.8 Å². The molecule has 3 rings (SSSR count). The van der Waals surface area contributed by atoms with Crippen LogP contribution in [0.15, 0.2) is 72.8 Å². The van der Waals surface area contributed by atoms with Gasteiger partial charge in [-0.2, -0.15) is 0 Å². The van der Waals surface area contributed by atoms with Gasteiger partial charge in [0.05, 0.1) is 13.2 Å². The summed E-state index contributed by atoms with van der Waals surface area (Å²) in [5, 5.41) is 0. The Morgan fingerprint density at radius 2 is 1.00 bits per heavy atom. The van der Waals surface area contributed by atoms with Crippen LogP contribution in [-0.2, 0) is 9.47 Å². The third-order valence-corrected chi connectivity index (χ3v) is 5.32. The van der Waals surface area contributed by atoms with Gasteiger partial charge in [0.15, 0.2) is 0 Å². The van der Waals surface area contributed by atoms with E-state index in [-0.39, 0.29) is 0 Å². The first-order valence-corrected chi connectivity index (χ1v) is 10.5. The molecule has 2 nitrogen and oxygen atoms in total. The van der Waals surface area contributed by atoms with Gasteiger partial charge in [-0.3, -0.25) is 0 Å². The maximum Gasteiger partial charge on any atom is 0.0650 e. The number of hydrogen-bond donors (Lipinski definition) is 0. The van der Waals surface area contributed by atoms with E-state index in [1.165, 1.54) is 36.8 Å². The SMILES string of the molecule is C(=C\c1ccccc1)/COCC1CCC(COC/C=C/c2ccccc2)CC1. The molecule has 28 heavy (non-hydrogen) atoms. The van der Waals surface area contributed by atoms with Crippen LogP contribution in [0.3, 0.4) is 0 Å². The standard InChI is InChI=1S/C26H32O2/c1-3-9-23(10-4-1)13-7-19-27-21-25-15-17-26(18-16-25)22-28-20-8-14-24-11-5-2-6-12-24/h1-14,25-26H,15-22H2/b13-7+,14-8+. The summed E-state index contributed by atoms with van der Waals surface area (Å²) in [6.07, 6.45) is 13.5. The minimum absolute atomic E-state index is 0.700. The second kappa shape index (κ2) is 12.3. The minimum Gasteiger partial charge on any atom is -0.377 e. The zero-order valence-corrected chi connectivity index (χ0v) is 16.7. The van der Waals surface area contributed by atoms with Crippen LogP contribution < -0.4 is 0 Å². The van der Waals surface area contributed by atoms with Gasteiger partial charge in [-0.25, -0.2) is 0 Å². The van der Waals surface area contributed by atoms with Crippen molar-refractivity contribution in [3.63, 3.8) is 0 Å². The van der Waals surface area contributed by atoms with Crippen LogP contribution in [0.1, 0.15) is 36.8 Å². The van der Waals surface area contributed by atoms with E-state index in [4.69, 9.17) is 9.47 Å². The average Bonchev–Trinajstić information content (AvgIpc) is 2.76.